The molecule has 0 amide bonds. The minimum atomic E-state index is -0.117. The second kappa shape index (κ2) is 8.95. The maximum absolute atomic E-state index is 11.8. The van der Waals surface area contributed by atoms with Crippen molar-refractivity contribution in [2.24, 2.45) is 51.2 Å². The van der Waals surface area contributed by atoms with Crippen LogP contribution in [0.1, 0.15) is 127 Å². The predicted octanol–water partition coefficient (Wildman–Crippen LogP) is 8.99. The fourth-order valence-corrected chi connectivity index (χ4v) is 10.1. The highest BCUT2D eigenvalue weighted by Crippen LogP contribution is 2.73. The zero-order valence-electron chi connectivity index (χ0n) is 23.9. The molecule has 194 valence electrons. The summed E-state index contributed by atoms with van der Waals surface area (Å²) in [7, 11) is 0. The Hall–Kier alpha value is -0.790. The highest BCUT2D eigenvalue weighted by molar-refractivity contribution is 5.66. The molecule has 2 nitrogen and oxygen atoms in total. The SMILES string of the molecule is CC(=O)OC1CCC2(C)C3CC[C@@]4(C)[C@H]([C@H](C)CCCC(C)C)CC[C@]4(C)C3=CC[C@H]2C1(C)C. The van der Waals surface area contributed by atoms with Gasteiger partial charge in [0.25, 0.3) is 0 Å². The van der Waals surface area contributed by atoms with Gasteiger partial charge in [-0.25, -0.2) is 0 Å². The molecule has 0 radical (unpaired) electrons. The lowest BCUT2D eigenvalue weighted by molar-refractivity contribution is -0.174. The summed E-state index contributed by atoms with van der Waals surface area (Å²) in [5.41, 5.74) is 3.00. The molecule has 0 bridgehead atoms. The quantitative estimate of drug-likeness (QED) is 0.286. The number of carbonyl (C=O) groups excluding carboxylic acids is 1. The molecule has 3 unspecified atom stereocenters. The Morgan fingerprint density at radius 2 is 1.71 bits per heavy atom. The second-order valence-corrected chi connectivity index (χ2v) is 14.7. The number of carbonyl (C=O) groups is 1. The first kappa shape index (κ1) is 26.3. The molecule has 0 aliphatic heterocycles. The maximum Gasteiger partial charge on any atom is 0.302 e. The van der Waals surface area contributed by atoms with Crippen molar-refractivity contribution in [2.75, 3.05) is 0 Å². The third-order valence-electron chi connectivity index (χ3n) is 12.3. The van der Waals surface area contributed by atoms with Gasteiger partial charge in [-0.2, -0.15) is 0 Å². The van der Waals surface area contributed by atoms with E-state index in [-0.39, 0.29) is 17.5 Å². The summed E-state index contributed by atoms with van der Waals surface area (Å²) >= 11 is 0. The van der Waals surface area contributed by atoms with E-state index in [1.54, 1.807) is 6.92 Å². The summed E-state index contributed by atoms with van der Waals surface area (Å²) < 4.78 is 5.87. The lowest BCUT2D eigenvalue weighted by atomic mass is 9.41. The van der Waals surface area contributed by atoms with E-state index in [0.717, 1.165) is 30.6 Å². The number of hydrogen-bond donors (Lipinski definition) is 0. The van der Waals surface area contributed by atoms with Crippen LogP contribution in [0.25, 0.3) is 0 Å². The van der Waals surface area contributed by atoms with Crippen LogP contribution in [0.5, 0.6) is 0 Å². The van der Waals surface area contributed by atoms with Crippen LogP contribution >= 0.6 is 0 Å². The van der Waals surface area contributed by atoms with Crippen molar-refractivity contribution in [2.45, 2.75) is 133 Å². The number of allylic oxidation sites excluding steroid dienone is 2. The first-order valence-corrected chi connectivity index (χ1v) is 14.6. The molecular formula is C32H54O2. The summed E-state index contributed by atoms with van der Waals surface area (Å²) in [6, 6.07) is 0. The van der Waals surface area contributed by atoms with E-state index in [0.29, 0.717) is 28.1 Å². The number of esters is 1. The lowest BCUT2D eigenvalue weighted by Gasteiger charge is -2.64. The van der Waals surface area contributed by atoms with Crippen molar-refractivity contribution in [3.63, 3.8) is 0 Å². The summed E-state index contributed by atoms with van der Waals surface area (Å²) in [5.74, 6) is 3.72. The van der Waals surface area contributed by atoms with E-state index < -0.39 is 0 Å². The lowest BCUT2D eigenvalue weighted by Crippen LogP contribution is -2.58. The van der Waals surface area contributed by atoms with Gasteiger partial charge in [-0.1, -0.05) is 86.3 Å². The van der Waals surface area contributed by atoms with Gasteiger partial charge in [-0.3, -0.25) is 4.79 Å². The molecule has 4 aliphatic rings. The monoisotopic (exact) mass is 470 g/mol. The van der Waals surface area contributed by atoms with E-state index in [9.17, 15) is 4.79 Å². The zero-order valence-corrected chi connectivity index (χ0v) is 23.9. The van der Waals surface area contributed by atoms with Crippen molar-refractivity contribution in [3.8, 4) is 0 Å². The smallest absolute Gasteiger partial charge is 0.302 e. The highest BCUT2D eigenvalue weighted by atomic mass is 16.5. The van der Waals surface area contributed by atoms with Gasteiger partial charge in [-0.15, -0.1) is 0 Å². The normalized spacial score (nSPS) is 44.0. The fourth-order valence-electron chi connectivity index (χ4n) is 10.1. The largest absolute Gasteiger partial charge is 0.462 e. The highest BCUT2D eigenvalue weighted by Gasteiger charge is 2.65. The molecule has 0 spiro atoms. The van der Waals surface area contributed by atoms with Crippen molar-refractivity contribution in [3.05, 3.63) is 11.6 Å². The average Bonchev–Trinajstić information content (AvgIpc) is 3.01. The number of fused-ring (bicyclic) bond motifs is 5. The Labute approximate surface area is 211 Å². The summed E-state index contributed by atoms with van der Waals surface area (Å²) in [6.07, 6.45) is 15.9. The summed E-state index contributed by atoms with van der Waals surface area (Å²) in [4.78, 5) is 11.8. The molecule has 0 saturated heterocycles. The predicted molar refractivity (Wildman–Crippen MR) is 142 cm³/mol. The summed E-state index contributed by atoms with van der Waals surface area (Å²) in [6.45, 7) is 21.6. The van der Waals surface area contributed by atoms with Crippen molar-refractivity contribution in [1.82, 2.24) is 0 Å². The molecule has 34 heavy (non-hydrogen) atoms. The van der Waals surface area contributed by atoms with E-state index in [2.05, 4.69) is 61.5 Å². The standard InChI is InChI=1S/C32H54O2/c1-21(2)11-10-12-22(3)24-15-19-32(9)26-13-14-27-29(5,6)28(34-23(4)33)17-18-30(27,7)25(26)16-20-31(24,32)8/h13,21-22,24-25,27-28H,10-12,14-20H2,1-9H3/t22-,24+,25?,27+,28?,30?,31+,32-/m1/s1. The average molecular weight is 471 g/mol. The Bertz CT molecular complexity index is 808. The Kier molecular flexibility index (Phi) is 6.92. The van der Waals surface area contributed by atoms with E-state index >= 15 is 0 Å². The number of rotatable bonds is 6. The third kappa shape index (κ3) is 3.92. The Balaban J connectivity index is 1.59. The van der Waals surface area contributed by atoms with Crippen LogP contribution in [0.2, 0.25) is 0 Å². The van der Waals surface area contributed by atoms with Gasteiger partial charge in [0.2, 0.25) is 0 Å². The second-order valence-electron chi connectivity index (χ2n) is 14.7. The van der Waals surface area contributed by atoms with Crippen molar-refractivity contribution < 1.29 is 9.53 Å². The number of ether oxygens (including phenoxy) is 1. The van der Waals surface area contributed by atoms with Crippen LogP contribution < -0.4 is 0 Å². The van der Waals surface area contributed by atoms with Gasteiger partial charge in [0.15, 0.2) is 0 Å². The molecule has 4 aliphatic carbocycles. The molecule has 0 N–H and O–H groups in total. The van der Waals surface area contributed by atoms with Gasteiger partial charge in [-0.05, 0) is 90.8 Å². The molecule has 3 saturated carbocycles. The van der Waals surface area contributed by atoms with Crippen LogP contribution in [0.4, 0.5) is 0 Å². The molecule has 0 aromatic carbocycles. The fraction of sp³-hybridized carbons (Fsp3) is 0.906. The van der Waals surface area contributed by atoms with Gasteiger partial charge in [0.05, 0.1) is 0 Å². The molecular weight excluding hydrogens is 416 g/mol. The van der Waals surface area contributed by atoms with Crippen molar-refractivity contribution >= 4 is 5.97 Å². The third-order valence-corrected chi connectivity index (χ3v) is 12.3. The Morgan fingerprint density at radius 3 is 2.35 bits per heavy atom. The topological polar surface area (TPSA) is 26.3 Å². The van der Waals surface area contributed by atoms with E-state index in [1.807, 2.05) is 5.57 Å². The zero-order chi connectivity index (χ0) is 25.1. The van der Waals surface area contributed by atoms with Crippen LogP contribution in [-0.4, -0.2) is 12.1 Å². The molecule has 0 heterocycles. The molecule has 0 aromatic rings. The molecule has 4 rings (SSSR count). The maximum atomic E-state index is 11.8. The minimum Gasteiger partial charge on any atom is -0.462 e. The number of hydrogen-bond acceptors (Lipinski definition) is 2. The van der Waals surface area contributed by atoms with E-state index in [4.69, 9.17) is 4.74 Å². The van der Waals surface area contributed by atoms with Gasteiger partial charge >= 0.3 is 5.97 Å². The Morgan fingerprint density at radius 1 is 1.00 bits per heavy atom. The first-order valence-electron chi connectivity index (χ1n) is 14.6. The van der Waals surface area contributed by atoms with Crippen LogP contribution in [0.15, 0.2) is 11.6 Å². The van der Waals surface area contributed by atoms with Crippen LogP contribution in [0, 0.1) is 51.2 Å². The minimum absolute atomic E-state index is 0.0332. The van der Waals surface area contributed by atoms with Crippen LogP contribution in [0.3, 0.4) is 0 Å². The van der Waals surface area contributed by atoms with Crippen LogP contribution in [-0.2, 0) is 9.53 Å². The van der Waals surface area contributed by atoms with Gasteiger partial charge < -0.3 is 4.74 Å². The molecule has 0 aromatic heterocycles. The molecule has 3 fully saturated rings. The van der Waals surface area contributed by atoms with Gasteiger partial charge in [0, 0.05) is 12.3 Å². The first-order chi connectivity index (χ1) is 15.8. The van der Waals surface area contributed by atoms with Gasteiger partial charge in [0.1, 0.15) is 6.10 Å². The van der Waals surface area contributed by atoms with E-state index in [1.165, 1.54) is 51.4 Å². The molecule has 2 heteroatoms. The summed E-state index contributed by atoms with van der Waals surface area (Å²) in [5, 5.41) is 0. The van der Waals surface area contributed by atoms with Crippen molar-refractivity contribution in [1.29, 1.82) is 0 Å². The molecule has 8 atom stereocenters.